The molecule has 0 aliphatic rings. The predicted molar refractivity (Wildman–Crippen MR) is 66.4 cm³/mol. The van der Waals surface area contributed by atoms with Crippen molar-refractivity contribution in [3.63, 3.8) is 0 Å². The third-order valence-corrected chi connectivity index (χ3v) is 3.77. The molecule has 8 heteroatoms. The Bertz CT molecular complexity index is 564. The number of rotatable bonds is 3. The first kappa shape index (κ1) is 12.2. The molecule has 0 saturated carbocycles. The number of aromatic nitrogens is 2. The predicted octanol–water partition coefficient (Wildman–Crippen LogP) is 2.66. The molecular weight excluding hydrogens is 310 g/mol. The highest BCUT2D eigenvalue weighted by Crippen LogP contribution is 2.35. The summed E-state index contributed by atoms with van der Waals surface area (Å²) in [6.45, 7) is 1.57. The first-order valence-corrected chi connectivity index (χ1v) is 6.26. The van der Waals surface area contributed by atoms with E-state index >= 15 is 0 Å². The molecule has 0 aromatic carbocycles. The van der Waals surface area contributed by atoms with Gasteiger partial charge in [-0.2, -0.15) is 5.10 Å². The van der Waals surface area contributed by atoms with E-state index in [-0.39, 0.29) is 5.69 Å². The van der Waals surface area contributed by atoms with Gasteiger partial charge in [0.2, 0.25) is 0 Å². The van der Waals surface area contributed by atoms with Gasteiger partial charge in [0.1, 0.15) is 0 Å². The Kier molecular flexibility index (Phi) is 3.27. The van der Waals surface area contributed by atoms with Crippen molar-refractivity contribution in [2.45, 2.75) is 13.0 Å². The van der Waals surface area contributed by atoms with Gasteiger partial charge in [-0.1, -0.05) is 0 Å². The Labute approximate surface area is 109 Å². The van der Waals surface area contributed by atoms with Gasteiger partial charge in [0.25, 0.3) is 0 Å². The normalized spacial score (nSPS) is 12.6. The lowest BCUT2D eigenvalue weighted by molar-refractivity contribution is -0.384. The zero-order valence-electron chi connectivity index (χ0n) is 8.70. The van der Waals surface area contributed by atoms with Gasteiger partial charge >= 0.3 is 5.69 Å². The van der Waals surface area contributed by atoms with E-state index in [9.17, 15) is 15.2 Å². The lowest BCUT2D eigenvalue weighted by Gasteiger charge is -1.97. The number of halogens is 1. The fourth-order valence-electron chi connectivity index (χ4n) is 1.30. The molecule has 0 amide bonds. The van der Waals surface area contributed by atoms with Crippen molar-refractivity contribution in [3.8, 4) is 5.00 Å². The average Bonchev–Trinajstić information content (AvgIpc) is 2.82. The molecule has 1 atom stereocenters. The molecule has 2 aromatic heterocycles. The Hall–Kier alpha value is -1.25. The Morgan fingerprint density at radius 2 is 2.41 bits per heavy atom. The van der Waals surface area contributed by atoms with Crippen LogP contribution in [0.2, 0.25) is 0 Å². The van der Waals surface area contributed by atoms with Gasteiger partial charge in [0.05, 0.1) is 21.7 Å². The molecule has 0 spiro atoms. The molecule has 6 nitrogen and oxygen atoms in total. The lowest BCUT2D eigenvalue weighted by atomic mass is 10.3. The van der Waals surface area contributed by atoms with Gasteiger partial charge < -0.3 is 5.11 Å². The third-order valence-electron chi connectivity index (χ3n) is 2.08. The monoisotopic (exact) mass is 317 g/mol. The summed E-state index contributed by atoms with van der Waals surface area (Å²) in [7, 11) is 0. The molecule has 0 aliphatic carbocycles. The molecule has 2 heterocycles. The number of nitrogens with zero attached hydrogens (tertiary/aromatic N) is 3. The highest BCUT2D eigenvalue weighted by molar-refractivity contribution is 9.10. The summed E-state index contributed by atoms with van der Waals surface area (Å²) in [4.78, 5) is 11.0. The maximum atomic E-state index is 10.9. The average molecular weight is 318 g/mol. The van der Waals surface area contributed by atoms with E-state index in [2.05, 4.69) is 21.0 Å². The summed E-state index contributed by atoms with van der Waals surface area (Å²) < 4.78 is 2.15. The highest BCUT2D eigenvalue weighted by Gasteiger charge is 2.22. The van der Waals surface area contributed by atoms with E-state index in [0.29, 0.717) is 9.88 Å². The van der Waals surface area contributed by atoms with Crippen LogP contribution in [0.1, 0.15) is 17.9 Å². The fraction of sp³-hybridized carbons (Fsp3) is 0.222. The zero-order chi connectivity index (χ0) is 12.6. The van der Waals surface area contributed by atoms with Crippen LogP contribution in [-0.4, -0.2) is 19.8 Å². The molecule has 0 radical (unpaired) electrons. The molecule has 2 aromatic rings. The smallest absolute Gasteiger partial charge is 0.306 e. The molecule has 1 N–H and O–H groups in total. The van der Waals surface area contributed by atoms with E-state index in [1.807, 2.05) is 0 Å². The molecule has 0 aliphatic heterocycles. The van der Waals surface area contributed by atoms with E-state index in [4.69, 9.17) is 0 Å². The first-order valence-electron chi connectivity index (χ1n) is 4.65. The van der Waals surface area contributed by atoms with Crippen molar-refractivity contribution in [3.05, 3.63) is 37.9 Å². The quantitative estimate of drug-likeness (QED) is 0.697. The van der Waals surface area contributed by atoms with Crippen molar-refractivity contribution in [1.29, 1.82) is 0 Å². The fourth-order valence-corrected chi connectivity index (χ4v) is 2.58. The van der Waals surface area contributed by atoms with Crippen LogP contribution in [0.25, 0.3) is 5.00 Å². The largest absolute Gasteiger partial charge is 0.388 e. The molecule has 0 unspecified atom stereocenters. The minimum Gasteiger partial charge on any atom is -0.388 e. The zero-order valence-corrected chi connectivity index (χ0v) is 11.1. The molecule has 17 heavy (non-hydrogen) atoms. The van der Waals surface area contributed by atoms with Crippen LogP contribution in [0.4, 0.5) is 5.69 Å². The van der Waals surface area contributed by atoms with Gasteiger partial charge in [-0.15, -0.1) is 11.3 Å². The Morgan fingerprint density at radius 3 is 2.88 bits per heavy atom. The van der Waals surface area contributed by atoms with Gasteiger partial charge in [-0.25, -0.2) is 4.68 Å². The first-order chi connectivity index (χ1) is 7.99. The number of hydrogen-bond acceptors (Lipinski definition) is 5. The van der Waals surface area contributed by atoms with Crippen LogP contribution in [0.5, 0.6) is 0 Å². The van der Waals surface area contributed by atoms with Crippen molar-refractivity contribution < 1.29 is 10.0 Å². The second-order valence-corrected chi connectivity index (χ2v) is 5.35. The second kappa shape index (κ2) is 4.55. The Morgan fingerprint density at radius 1 is 1.71 bits per heavy atom. The van der Waals surface area contributed by atoms with Crippen molar-refractivity contribution >= 4 is 33.0 Å². The standard InChI is InChI=1S/C9H8BrN3O3S/c1-5(14)8-2-7(13(15)16)9(17-8)12-4-6(10)3-11-12/h2-5,14H,1H3/t5-/m1/s1. The number of aliphatic hydroxyl groups is 1. The number of thiophene rings is 1. The summed E-state index contributed by atoms with van der Waals surface area (Å²) in [5, 5.41) is 24.7. The van der Waals surface area contributed by atoms with Gasteiger partial charge in [-0.3, -0.25) is 10.1 Å². The highest BCUT2D eigenvalue weighted by atomic mass is 79.9. The van der Waals surface area contributed by atoms with Gasteiger partial charge in [0, 0.05) is 17.1 Å². The molecule has 0 bridgehead atoms. The summed E-state index contributed by atoms with van der Waals surface area (Å²) in [5.41, 5.74) is -0.0542. The topological polar surface area (TPSA) is 81.2 Å². The second-order valence-electron chi connectivity index (χ2n) is 3.38. The minimum atomic E-state index is -0.730. The summed E-state index contributed by atoms with van der Waals surface area (Å²) in [5.74, 6) is 0. The summed E-state index contributed by atoms with van der Waals surface area (Å²) in [6, 6.07) is 1.38. The SMILES string of the molecule is C[C@@H](O)c1cc([N+](=O)[O-])c(-n2cc(Br)cn2)s1. The molecule has 2 rings (SSSR count). The van der Waals surface area contributed by atoms with E-state index in [1.54, 1.807) is 19.3 Å². The minimum absolute atomic E-state index is 0.0542. The third kappa shape index (κ3) is 2.38. The Balaban J connectivity index is 2.55. The number of nitro groups is 1. The van der Waals surface area contributed by atoms with Crippen molar-refractivity contribution in [1.82, 2.24) is 9.78 Å². The van der Waals surface area contributed by atoms with Crippen LogP contribution in [-0.2, 0) is 0 Å². The van der Waals surface area contributed by atoms with E-state index in [1.165, 1.54) is 10.7 Å². The van der Waals surface area contributed by atoms with E-state index < -0.39 is 11.0 Å². The number of aliphatic hydroxyl groups excluding tert-OH is 1. The van der Waals surface area contributed by atoms with Gasteiger partial charge in [0.15, 0.2) is 5.00 Å². The van der Waals surface area contributed by atoms with Crippen LogP contribution in [0.3, 0.4) is 0 Å². The van der Waals surface area contributed by atoms with Crippen LogP contribution in [0.15, 0.2) is 22.9 Å². The maximum absolute atomic E-state index is 10.9. The molecule has 0 saturated heterocycles. The maximum Gasteiger partial charge on any atom is 0.306 e. The summed E-state index contributed by atoms with van der Waals surface area (Å²) in [6.07, 6.45) is 2.45. The van der Waals surface area contributed by atoms with Crippen molar-refractivity contribution in [2.24, 2.45) is 0 Å². The van der Waals surface area contributed by atoms with E-state index in [0.717, 1.165) is 15.8 Å². The molecular formula is C9H8BrN3O3S. The summed E-state index contributed by atoms with van der Waals surface area (Å²) >= 11 is 4.38. The van der Waals surface area contributed by atoms with Crippen LogP contribution >= 0.6 is 27.3 Å². The molecule has 90 valence electrons. The lowest BCUT2D eigenvalue weighted by Crippen LogP contribution is -1.95. The van der Waals surface area contributed by atoms with Crippen molar-refractivity contribution in [2.75, 3.05) is 0 Å². The van der Waals surface area contributed by atoms with Crippen LogP contribution < -0.4 is 0 Å². The number of hydrogen-bond donors (Lipinski definition) is 1. The van der Waals surface area contributed by atoms with Crippen LogP contribution in [0, 0.1) is 10.1 Å². The van der Waals surface area contributed by atoms with Gasteiger partial charge in [-0.05, 0) is 22.9 Å². The molecule has 0 fully saturated rings.